The summed E-state index contributed by atoms with van der Waals surface area (Å²) in [5.41, 5.74) is 7.02. The lowest BCUT2D eigenvalue weighted by atomic mass is 10.0. The molecule has 1 aliphatic heterocycles. The Morgan fingerprint density at radius 3 is 2.62 bits per heavy atom. The molecule has 5 nitrogen and oxygen atoms in total. The summed E-state index contributed by atoms with van der Waals surface area (Å²) >= 11 is 0. The molecule has 0 radical (unpaired) electrons. The lowest BCUT2D eigenvalue weighted by molar-refractivity contribution is 0.429. The summed E-state index contributed by atoms with van der Waals surface area (Å²) in [7, 11) is -3.48. The Hall–Kier alpha value is -1.13. The van der Waals surface area contributed by atoms with Gasteiger partial charge in [0.2, 0.25) is 10.0 Å². The second-order valence-electron chi connectivity index (χ2n) is 5.36. The summed E-state index contributed by atoms with van der Waals surface area (Å²) in [4.78, 5) is 0.249. The molecule has 2 rings (SSSR count). The fourth-order valence-electron chi connectivity index (χ4n) is 2.47. The molecule has 0 aliphatic carbocycles. The number of hydrogen-bond donors (Lipinski definition) is 1. The smallest absolute Gasteiger partial charge is 0.243 e. The van der Waals surface area contributed by atoms with Gasteiger partial charge in [-0.3, -0.25) is 0 Å². The number of benzene rings is 1. The van der Waals surface area contributed by atoms with Crippen molar-refractivity contribution in [2.45, 2.75) is 31.2 Å². The molecular formula is C14H20ClN3O2S. The first kappa shape index (κ1) is 17.9. The van der Waals surface area contributed by atoms with Crippen LogP contribution in [0.4, 0.5) is 0 Å². The van der Waals surface area contributed by atoms with E-state index in [9.17, 15) is 8.42 Å². The van der Waals surface area contributed by atoms with Gasteiger partial charge < -0.3 is 5.73 Å². The van der Waals surface area contributed by atoms with Crippen molar-refractivity contribution in [3.63, 3.8) is 0 Å². The average molecular weight is 330 g/mol. The Balaban J connectivity index is 0.00000220. The molecule has 0 bridgehead atoms. The maximum absolute atomic E-state index is 12.6. The van der Waals surface area contributed by atoms with E-state index in [1.54, 1.807) is 19.1 Å². The first-order chi connectivity index (χ1) is 9.36. The number of sulfonamides is 1. The van der Waals surface area contributed by atoms with Crippen LogP contribution in [0.3, 0.4) is 0 Å². The second kappa shape index (κ2) is 6.75. The standard InChI is InChI=1S/C14H19N3O2S.ClH/c1-10-7-14(4-3-12(10)8-15)20(18,19)17-6-5-13(9-17)11(2)16;/h3-4,7,11,13H,5-6,9,16H2,1-2H3;1H. The Morgan fingerprint density at radius 2 is 2.14 bits per heavy atom. The molecule has 1 fully saturated rings. The van der Waals surface area contributed by atoms with Crippen LogP contribution >= 0.6 is 12.4 Å². The molecule has 2 atom stereocenters. The van der Waals surface area contributed by atoms with Crippen LogP contribution in [0.25, 0.3) is 0 Å². The van der Waals surface area contributed by atoms with E-state index in [-0.39, 0.29) is 29.3 Å². The van der Waals surface area contributed by atoms with Crippen molar-refractivity contribution in [3.8, 4) is 6.07 Å². The molecule has 1 saturated heterocycles. The minimum Gasteiger partial charge on any atom is -0.328 e. The van der Waals surface area contributed by atoms with Crippen LogP contribution in [0.15, 0.2) is 23.1 Å². The van der Waals surface area contributed by atoms with E-state index in [4.69, 9.17) is 11.0 Å². The normalized spacial score (nSPS) is 20.6. The van der Waals surface area contributed by atoms with E-state index in [1.807, 2.05) is 13.0 Å². The minimum atomic E-state index is -3.48. The van der Waals surface area contributed by atoms with Gasteiger partial charge in [0, 0.05) is 19.1 Å². The number of nitrogens with zero attached hydrogens (tertiary/aromatic N) is 2. The van der Waals surface area contributed by atoms with Crippen LogP contribution < -0.4 is 5.73 Å². The number of nitriles is 1. The Bertz CT molecular complexity index is 653. The number of halogens is 1. The van der Waals surface area contributed by atoms with E-state index in [2.05, 4.69) is 0 Å². The van der Waals surface area contributed by atoms with E-state index < -0.39 is 10.0 Å². The fraction of sp³-hybridized carbons (Fsp3) is 0.500. The number of aryl methyl sites for hydroxylation is 1. The molecule has 0 saturated carbocycles. The molecule has 0 aromatic heterocycles. The Morgan fingerprint density at radius 1 is 1.48 bits per heavy atom. The number of nitrogens with two attached hydrogens (primary N) is 1. The first-order valence-corrected chi connectivity index (χ1v) is 8.06. The Labute approximate surface area is 132 Å². The highest BCUT2D eigenvalue weighted by atomic mass is 35.5. The summed E-state index contributed by atoms with van der Waals surface area (Å²) in [6.45, 7) is 4.63. The minimum absolute atomic E-state index is 0. The monoisotopic (exact) mass is 329 g/mol. The molecule has 2 N–H and O–H groups in total. The maximum atomic E-state index is 12.6. The van der Waals surface area contributed by atoms with Gasteiger partial charge in [0.25, 0.3) is 0 Å². The Kier molecular flexibility index (Phi) is 5.76. The molecule has 1 heterocycles. The van der Waals surface area contributed by atoms with Gasteiger partial charge in [-0.1, -0.05) is 0 Å². The predicted octanol–water partition coefficient (Wildman–Crippen LogP) is 1.65. The molecule has 2 unspecified atom stereocenters. The molecule has 0 amide bonds. The summed E-state index contributed by atoms with van der Waals surface area (Å²) in [5.74, 6) is 0.212. The summed E-state index contributed by atoms with van der Waals surface area (Å²) in [6.07, 6.45) is 0.798. The van der Waals surface area contributed by atoms with Crippen LogP contribution in [0, 0.1) is 24.2 Å². The van der Waals surface area contributed by atoms with Crippen molar-refractivity contribution in [2.75, 3.05) is 13.1 Å². The fourth-order valence-corrected chi connectivity index (χ4v) is 4.07. The lowest BCUT2D eigenvalue weighted by Crippen LogP contribution is -2.33. The topological polar surface area (TPSA) is 87.2 Å². The van der Waals surface area contributed by atoms with Gasteiger partial charge >= 0.3 is 0 Å². The third kappa shape index (κ3) is 3.55. The van der Waals surface area contributed by atoms with Gasteiger partial charge in [0.05, 0.1) is 16.5 Å². The largest absolute Gasteiger partial charge is 0.328 e. The molecule has 116 valence electrons. The van der Waals surface area contributed by atoms with Gasteiger partial charge in [-0.15, -0.1) is 12.4 Å². The highest BCUT2D eigenvalue weighted by molar-refractivity contribution is 7.89. The summed E-state index contributed by atoms with van der Waals surface area (Å²) < 4.78 is 26.6. The van der Waals surface area contributed by atoms with Gasteiger partial charge in [-0.25, -0.2) is 8.42 Å². The van der Waals surface area contributed by atoms with Gasteiger partial charge in [0.15, 0.2) is 0 Å². The SMILES string of the molecule is Cc1cc(S(=O)(=O)N2CCC(C(C)N)C2)ccc1C#N.Cl. The van der Waals surface area contributed by atoms with E-state index in [0.717, 1.165) is 6.42 Å². The van der Waals surface area contributed by atoms with E-state index in [1.165, 1.54) is 10.4 Å². The quantitative estimate of drug-likeness (QED) is 0.913. The average Bonchev–Trinajstić information content (AvgIpc) is 2.89. The third-order valence-corrected chi connectivity index (χ3v) is 5.75. The predicted molar refractivity (Wildman–Crippen MR) is 83.7 cm³/mol. The van der Waals surface area contributed by atoms with E-state index >= 15 is 0 Å². The van der Waals surface area contributed by atoms with Gasteiger partial charge in [0.1, 0.15) is 0 Å². The van der Waals surface area contributed by atoms with Crippen LogP contribution in [0.5, 0.6) is 0 Å². The lowest BCUT2D eigenvalue weighted by Gasteiger charge is -2.18. The number of rotatable bonds is 3. The molecule has 1 aromatic carbocycles. The second-order valence-corrected chi connectivity index (χ2v) is 7.30. The molecule has 1 aliphatic rings. The van der Waals surface area contributed by atoms with E-state index in [0.29, 0.717) is 24.2 Å². The van der Waals surface area contributed by atoms with Crippen molar-refractivity contribution in [1.82, 2.24) is 4.31 Å². The molecule has 0 spiro atoms. The van der Waals surface area contributed by atoms with Crippen LogP contribution in [0.2, 0.25) is 0 Å². The van der Waals surface area contributed by atoms with Gasteiger partial charge in [-0.05, 0) is 49.9 Å². The third-order valence-electron chi connectivity index (χ3n) is 3.89. The zero-order valence-electron chi connectivity index (χ0n) is 12.1. The van der Waals surface area contributed by atoms with Crippen LogP contribution in [-0.4, -0.2) is 31.9 Å². The van der Waals surface area contributed by atoms with Crippen molar-refractivity contribution in [2.24, 2.45) is 11.7 Å². The highest BCUT2D eigenvalue weighted by Gasteiger charge is 2.34. The number of hydrogen-bond acceptors (Lipinski definition) is 4. The molecular weight excluding hydrogens is 310 g/mol. The zero-order valence-corrected chi connectivity index (χ0v) is 13.7. The highest BCUT2D eigenvalue weighted by Crippen LogP contribution is 2.26. The zero-order chi connectivity index (χ0) is 14.9. The summed E-state index contributed by atoms with van der Waals surface area (Å²) in [6, 6.07) is 6.66. The first-order valence-electron chi connectivity index (χ1n) is 6.62. The summed E-state index contributed by atoms with van der Waals surface area (Å²) in [5, 5.41) is 8.90. The molecule has 1 aromatic rings. The van der Waals surface area contributed by atoms with Crippen molar-refractivity contribution in [1.29, 1.82) is 5.26 Å². The van der Waals surface area contributed by atoms with Gasteiger partial charge in [-0.2, -0.15) is 9.57 Å². The van der Waals surface area contributed by atoms with Crippen molar-refractivity contribution >= 4 is 22.4 Å². The van der Waals surface area contributed by atoms with Crippen LogP contribution in [0.1, 0.15) is 24.5 Å². The molecule has 7 heteroatoms. The molecule has 21 heavy (non-hydrogen) atoms. The van der Waals surface area contributed by atoms with Crippen LogP contribution in [-0.2, 0) is 10.0 Å². The maximum Gasteiger partial charge on any atom is 0.243 e. The van der Waals surface area contributed by atoms with Crippen molar-refractivity contribution < 1.29 is 8.42 Å². The van der Waals surface area contributed by atoms with Crippen molar-refractivity contribution in [3.05, 3.63) is 29.3 Å².